The monoisotopic (exact) mass is 300 g/mol. The molecule has 0 aliphatic carbocycles. The molecule has 0 spiro atoms. The fraction of sp³-hybridized carbons (Fsp3) is 0.273. The summed E-state index contributed by atoms with van der Waals surface area (Å²) in [6.07, 6.45) is -0.928. The molecule has 0 radical (unpaired) electrons. The Labute approximate surface area is 117 Å². The van der Waals surface area contributed by atoms with Crippen LogP contribution in [0.1, 0.15) is 6.92 Å². The van der Waals surface area contributed by atoms with Crippen molar-refractivity contribution >= 4 is 34.2 Å². The van der Waals surface area contributed by atoms with E-state index in [1.807, 2.05) is 0 Å². The molecule has 9 heteroatoms. The van der Waals surface area contributed by atoms with Gasteiger partial charge in [-0.05, 0) is 12.1 Å². The predicted molar refractivity (Wildman–Crippen MR) is 67.8 cm³/mol. The standard InChI is InChI=1S/C11H9ClN2O6/c1-5(11(15)18-2)19-10-6-3-8(14(16)17)7(12)4-9(6)20-13-10/h3-5H,1-2H3. The minimum atomic E-state index is -0.928. The normalized spacial score (nSPS) is 12.2. The minimum Gasteiger partial charge on any atom is -0.466 e. The van der Waals surface area contributed by atoms with E-state index in [1.54, 1.807) is 0 Å². The van der Waals surface area contributed by atoms with E-state index in [1.165, 1.54) is 26.2 Å². The third-order valence-electron chi connectivity index (χ3n) is 2.52. The zero-order valence-electron chi connectivity index (χ0n) is 10.5. The Kier molecular flexibility index (Phi) is 3.75. The van der Waals surface area contributed by atoms with Crippen LogP contribution >= 0.6 is 11.6 Å². The van der Waals surface area contributed by atoms with E-state index in [4.69, 9.17) is 20.9 Å². The Morgan fingerprint density at radius 2 is 2.25 bits per heavy atom. The smallest absolute Gasteiger partial charge is 0.346 e. The first-order valence-corrected chi connectivity index (χ1v) is 5.79. The highest BCUT2D eigenvalue weighted by molar-refractivity contribution is 6.33. The number of halogens is 1. The van der Waals surface area contributed by atoms with Gasteiger partial charge in [0.2, 0.25) is 0 Å². The Morgan fingerprint density at radius 3 is 2.85 bits per heavy atom. The summed E-state index contributed by atoms with van der Waals surface area (Å²) in [6, 6.07) is 2.44. The Morgan fingerprint density at radius 1 is 1.55 bits per heavy atom. The molecular weight excluding hydrogens is 292 g/mol. The molecule has 1 aromatic heterocycles. The van der Waals surface area contributed by atoms with Crippen LogP contribution in [0.3, 0.4) is 0 Å². The van der Waals surface area contributed by atoms with Crippen molar-refractivity contribution < 1.29 is 23.7 Å². The zero-order chi connectivity index (χ0) is 14.9. The molecule has 1 aromatic carbocycles. The maximum Gasteiger partial charge on any atom is 0.346 e. The molecule has 0 fully saturated rings. The van der Waals surface area contributed by atoms with Gasteiger partial charge in [0.15, 0.2) is 11.7 Å². The van der Waals surface area contributed by atoms with Crippen molar-refractivity contribution in [2.24, 2.45) is 0 Å². The topological polar surface area (TPSA) is 105 Å². The first kappa shape index (κ1) is 14.1. The average Bonchev–Trinajstić information content (AvgIpc) is 2.78. The number of carbonyl (C=O) groups is 1. The van der Waals surface area contributed by atoms with Crippen LogP contribution in [0.15, 0.2) is 16.7 Å². The summed E-state index contributed by atoms with van der Waals surface area (Å²) in [6.45, 7) is 1.46. The summed E-state index contributed by atoms with van der Waals surface area (Å²) < 4.78 is 14.7. The number of methoxy groups -OCH3 is 1. The second-order valence-corrected chi connectivity index (χ2v) is 4.24. The minimum absolute atomic E-state index is 0.0438. The summed E-state index contributed by atoms with van der Waals surface area (Å²) in [5, 5.41) is 14.6. The largest absolute Gasteiger partial charge is 0.466 e. The fourth-order valence-electron chi connectivity index (χ4n) is 1.53. The molecular formula is C11H9ClN2O6. The molecule has 2 aromatic rings. The fourth-order valence-corrected chi connectivity index (χ4v) is 1.76. The van der Waals surface area contributed by atoms with Gasteiger partial charge in [-0.2, -0.15) is 0 Å². The zero-order valence-corrected chi connectivity index (χ0v) is 11.2. The number of ether oxygens (including phenoxy) is 2. The SMILES string of the molecule is COC(=O)C(C)Oc1noc2cc(Cl)c([N+](=O)[O-])cc12. The van der Waals surface area contributed by atoms with Crippen LogP contribution < -0.4 is 4.74 Å². The van der Waals surface area contributed by atoms with E-state index in [0.717, 1.165) is 0 Å². The van der Waals surface area contributed by atoms with Gasteiger partial charge in [-0.1, -0.05) is 11.6 Å². The third kappa shape index (κ3) is 2.50. The van der Waals surface area contributed by atoms with Gasteiger partial charge < -0.3 is 14.0 Å². The van der Waals surface area contributed by atoms with Gasteiger partial charge in [0.25, 0.3) is 11.6 Å². The highest BCUT2D eigenvalue weighted by atomic mass is 35.5. The molecule has 20 heavy (non-hydrogen) atoms. The predicted octanol–water partition coefficient (Wildman–Crippen LogP) is 2.33. The van der Waals surface area contributed by atoms with Gasteiger partial charge in [-0.3, -0.25) is 10.1 Å². The lowest BCUT2D eigenvalue weighted by molar-refractivity contribution is -0.384. The molecule has 0 saturated heterocycles. The maximum absolute atomic E-state index is 11.3. The lowest BCUT2D eigenvalue weighted by atomic mass is 10.2. The van der Waals surface area contributed by atoms with Gasteiger partial charge in [-0.25, -0.2) is 4.79 Å². The Bertz CT molecular complexity index is 683. The van der Waals surface area contributed by atoms with Crippen molar-refractivity contribution in [3.8, 4) is 5.88 Å². The average molecular weight is 301 g/mol. The van der Waals surface area contributed by atoms with E-state index in [0.29, 0.717) is 0 Å². The number of benzene rings is 1. The van der Waals surface area contributed by atoms with Crippen LogP contribution in [0.5, 0.6) is 5.88 Å². The van der Waals surface area contributed by atoms with Crippen LogP contribution in [0.25, 0.3) is 11.0 Å². The van der Waals surface area contributed by atoms with Gasteiger partial charge in [0, 0.05) is 12.1 Å². The number of fused-ring (bicyclic) bond motifs is 1. The molecule has 0 aliphatic heterocycles. The van der Waals surface area contributed by atoms with Crippen LogP contribution in [0, 0.1) is 10.1 Å². The first-order chi connectivity index (χ1) is 9.43. The number of aromatic nitrogens is 1. The lowest BCUT2D eigenvalue weighted by Gasteiger charge is -2.09. The number of hydrogen-bond donors (Lipinski definition) is 0. The summed E-state index contributed by atoms with van der Waals surface area (Å²) in [4.78, 5) is 21.5. The van der Waals surface area contributed by atoms with Crippen LogP contribution in [-0.2, 0) is 9.53 Å². The second kappa shape index (κ2) is 5.33. The number of nitrogens with zero attached hydrogens (tertiary/aromatic N) is 2. The lowest BCUT2D eigenvalue weighted by Crippen LogP contribution is -2.25. The molecule has 0 amide bonds. The molecule has 1 unspecified atom stereocenters. The molecule has 1 heterocycles. The molecule has 0 N–H and O–H groups in total. The van der Waals surface area contributed by atoms with E-state index in [2.05, 4.69) is 9.89 Å². The number of rotatable bonds is 4. The van der Waals surface area contributed by atoms with Crippen molar-refractivity contribution in [2.45, 2.75) is 13.0 Å². The highest BCUT2D eigenvalue weighted by Crippen LogP contribution is 2.34. The van der Waals surface area contributed by atoms with E-state index in [9.17, 15) is 14.9 Å². The van der Waals surface area contributed by atoms with Crippen LogP contribution in [0.4, 0.5) is 5.69 Å². The number of esters is 1. The van der Waals surface area contributed by atoms with Crippen molar-refractivity contribution in [2.75, 3.05) is 7.11 Å². The Balaban J connectivity index is 2.43. The highest BCUT2D eigenvalue weighted by Gasteiger charge is 2.22. The maximum atomic E-state index is 11.3. The molecule has 0 bridgehead atoms. The van der Waals surface area contributed by atoms with Crippen molar-refractivity contribution in [3.05, 3.63) is 27.3 Å². The summed E-state index contributed by atoms with van der Waals surface area (Å²) in [5.41, 5.74) is -0.0920. The second-order valence-electron chi connectivity index (χ2n) is 3.83. The molecule has 1 atom stereocenters. The van der Waals surface area contributed by atoms with Crippen molar-refractivity contribution in [3.63, 3.8) is 0 Å². The summed E-state index contributed by atoms with van der Waals surface area (Å²) in [5.74, 6) is -0.651. The number of carbonyl (C=O) groups excluding carboxylic acids is 1. The van der Waals surface area contributed by atoms with Gasteiger partial charge >= 0.3 is 5.97 Å². The Hall–Kier alpha value is -2.35. The van der Waals surface area contributed by atoms with Crippen molar-refractivity contribution in [1.29, 1.82) is 0 Å². The third-order valence-corrected chi connectivity index (χ3v) is 2.83. The molecule has 0 aliphatic rings. The van der Waals surface area contributed by atoms with Gasteiger partial charge in [-0.15, -0.1) is 0 Å². The number of nitro benzene ring substituents is 1. The van der Waals surface area contributed by atoms with Gasteiger partial charge in [0.1, 0.15) is 5.02 Å². The van der Waals surface area contributed by atoms with E-state index in [-0.39, 0.29) is 27.6 Å². The molecule has 2 rings (SSSR count). The van der Waals surface area contributed by atoms with Gasteiger partial charge in [0.05, 0.1) is 17.4 Å². The number of hydrogen-bond acceptors (Lipinski definition) is 7. The molecule has 8 nitrogen and oxygen atoms in total. The van der Waals surface area contributed by atoms with Crippen LogP contribution in [0.2, 0.25) is 5.02 Å². The first-order valence-electron chi connectivity index (χ1n) is 5.42. The van der Waals surface area contributed by atoms with Crippen molar-refractivity contribution in [1.82, 2.24) is 5.16 Å². The van der Waals surface area contributed by atoms with E-state index < -0.39 is 17.0 Å². The van der Waals surface area contributed by atoms with Crippen LogP contribution in [-0.4, -0.2) is 29.3 Å². The van der Waals surface area contributed by atoms with E-state index >= 15 is 0 Å². The summed E-state index contributed by atoms with van der Waals surface area (Å²) in [7, 11) is 1.22. The summed E-state index contributed by atoms with van der Waals surface area (Å²) >= 11 is 5.74. The molecule has 0 saturated carbocycles. The number of nitro groups is 1. The quantitative estimate of drug-likeness (QED) is 0.484. The molecule has 106 valence electrons.